The molecule has 0 atom stereocenters. The normalized spacial score (nSPS) is 11.4. The Hall–Kier alpha value is -1.55. The highest BCUT2D eigenvalue weighted by atomic mass is 15.4. The molecule has 3 N–H and O–H groups in total. The average Bonchev–Trinajstić information content (AvgIpc) is 2.25. The molecule has 0 unspecified atom stereocenters. The maximum absolute atomic E-state index is 5.45. The molecule has 0 saturated carbocycles. The van der Waals surface area contributed by atoms with Gasteiger partial charge in [0.15, 0.2) is 0 Å². The van der Waals surface area contributed by atoms with E-state index in [1.54, 1.807) is 0 Å². The molecule has 16 heavy (non-hydrogen) atoms. The van der Waals surface area contributed by atoms with Crippen LogP contribution in [0.15, 0.2) is 23.2 Å². The van der Waals surface area contributed by atoms with E-state index in [2.05, 4.69) is 42.5 Å². The van der Waals surface area contributed by atoms with Crippen LogP contribution in [0.5, 0.6) is 0 Å². The third-order valence-electron chi connectivity index (χ3n) is 2.47. The van der Waals surface area contributed by atoms with Gasteiger partial charge in [0.25, 0.3) is 0 Å². The van der Waals surface area contributed by atoms with Crippen LogP contribution in [-0.2, 0) is 0 Å². The second-order valence-corrected chi connectivity index (χ2v) is 3.79. The summed E-state index contributed by atoms with van der Waals surface area (Å²) >= 11 is 0. The Bertz CT molecular complexity index is 385. The quantitative estimate of drug-likeness (QED) is 0.344. The van der Waals surface area contributed by atoms with E-state index in [4.69, 9.17) is 5.84 Å². The van der Waals surface area contributed by atoms with Crippen LogP contribution < -0.4 is 16.2 Å². The van der Waals surface area contributed by atoms with Crippen molar-refractivity contribution in [1.29, 1.82) is 0 Å². The average molecular weight is 220 g/mol. The van der Waals surface area contributed by atoms with Gasteiger partial charge in [0, 0.05) is 19.3 Å². The Kier molecular flexibility index (Phi) is 4.31. The monoisotopic (exact) mass is 220 g/mol. The molecule has 1 aromatic rings. The van der Waals surface area contributed by atoms with E-state index in [-0.39, 0.29) is 0 Å². The molecule has 0 spiro atoms. The van der Waals surface area contributed by atoms with E-state index >= 15 is 0 Å². The lowest BCUT2D eigenvalue weighted by Gasteiger charge is -2.22. The lowest BCUT2D eigenvalue weighted by atomic mass is 10.1. The Morgan fingerprint density at radius 1 is 1.44 bits per heavy atom. The summed E-state index contributed by atoms with van der Waals surface area (Å²) in [7, 11) is 1.95. The highest BCUT2D eigenvalue weighted by Gasteiger charge is 2.09. The van der Waals surface area contributed by atoms with Gasteiger partial charge >= 0.3 is 0 Å². The number of hydrogen-bond donors (Lipinski definition) is 2. The van der Waals surface area contributed by atoms with Crippen molar-refractivity contribution in [3.05, 3.63) is 29.3 Å². The minimum Gasteiger partial charge on any atom is -0.314 e. The van der Waals surface area contributed by atoms with Crippen molar-refractivity contribution in [3.8, 4) is 0 Å². The molecular weight excluding hydrogens is 200 g/mol. The summed E-state index contributed by atoms with van der Waals surface area (Å²) in [6, 6.07) is 6.30. The van der Waals surface area contributed by atoms with E-state index < -0.39 is 0 Å². The molecule has 1 aromatic carbocycles. The first kappa shape index (κ1) is 12.5. The van der Waals surface area contributed by atoms with Crippen molar-refractivity contribution in [3.63, 3.8) is 0 Å². The fraction of sp³-hybridized carbons (Fsp3) is 0.417. The molecule has 0 aliphatic heterocycles. The van der Waals surface area contributed by atoms with E-state index in [9.17, 15) is 0 Å². The molecule has 0 fully saturated rings. The van der Waals surface area contributed by atoms with E-state index in [0.717, 1.165) is 5.69 Å². The molecule has 0 amide bonds. The molecule has 0 bridgehead atoms. The number of anilines is 1. The van der Waals surface area contributed by atoms with Crippen LogP contribution in [0.4, 0.5) is 5.69 Å². The standard InChI is InChI=1S/C12H20N4/c1-5-14-12(15-13)16(4)11-7-6-9(2)8-10(11)3/h6-8H,5,13H2,1-4H3,(H,14,15). The first-order valence-corrected chi connectivity index (χ1v) is 5.42. The predicted molar refractivity (Wildman–Crippen MR) is 69.6 cm³/mol. The van der Waals surface area contributed by atoms with Crippen LogP contribution in [0.2, 0.25) is 0 Å². The van der Waals surface area contributed by atoms with Gasteiger partial charge < -0.3 is 4.90 Å². The fourth-order valence-corrected chi connectivity index (χ4v) is 1.69. The van der Waals surface area contributed by atoms with Gasteiger partial charge in [0.2, 0.25) is 5.96 Å². The van der Waals surface area contributed by atoms with Crippen LogP contribution in [0, 0.1) is 13.8 Å². The van der Waals surface area contributed by atoms with Gasteiger partial charge in [-0.15, -0.1) is 0 Å². The van der Waals surface area contributed by atoms with Gasteiger partial charge in [-0.25, -0.2) is 5.84 Å². The third kappa shape index (κ3) is 2.73. The second-order valence-electron chi connectivity index (χ2n) is 3.79. The molecule has 0 heterocycles. The highest BCUT2D eigenvalue weighted by molar-refractivity contribution is 5.95. The topological polar surface area (TPSA) is 53.6 Å². The number of guanidine groups is 1. The molecule has 0 aromatic heterocycles. The SMILES string of the molecule is CCN=C(NN)N(C)c1ccc(C)cc1C. The number of rotatable bonds is 2. The number of nitrogens with zero attached hydrogens (tertiary/aromatic N) is 2. The number of benzene rings is 1. The van der Waals surface area contributed by atoms with Gasteiger partial charge in [-0.1, -0.05) is 17.7 Å². The van der Waals surface area contributed by atoms with Gasteiger partial charge in [0.1, 0.15) is 0 Å². The summed E-state index contributed by atoms with van der Waals surface area (Å²) in [5, 5.41) is 0. The molecule has 4 heteroatoms. The van der Waals surface area contributed by atoms with Crippen molar-refractivity contribution < 1.29 is 0 Å². The zero-order valence-corrected chi connectivity index (χ0v) is 10.4. The molecule has 0 aliphatic rings. The first-order chi connectivity index (χ1) is 7.60. The minimum atomic E-state index is 0.675. The second kappa shape index (κ2) is 5.51. The van der Waals surface area contributed by atoms with E-state index in [0.29, 0.717) is 12.5 Å². The third-order valence-corrected chi connectivity index (χ3v) is 2.47. The lowest BCUT2D eigenvalue weighted by molar-refractivity contribution is 0.947. The number of aryl methyl sites for hydroxylation is 2. The summed E-state index contributed by atoms with van der Waals surface area (Å²) in [5.41, 5.74) is 6.19. The maximum atomic E-state index is 5.45. The van der Waals surface area contributed by atoms with Crippen molar-refractivity contribution in [2.75, 3.05) is 18.5 Å². The lowest BCUT2D eigenvalue weighted by Crippen LogP contribution is -2.43. The largest absolute Gasteiger partial charge is 0.314 e. The summed E-state index contributed by atoms with van der Waals surface area (Å²) in [5.74, 6) is 6.13. The number of hydrazine groups is 1. The van der Waals surface area contributed by atoms with Crippen LogP contribution in [0.25, 0.3) is 0 Å². The fourth-order valence-electron chi connectivity index (χ4n) is 1.69. The molecule has 0 radical (unpaired) electrons. The Labute approximate surface area is 97.1 Å². The minimum absolute atomic E-state index is 0.675. The molecule has 1 rings (SSSR count). The zero-order chi connectivity index (χ0) is 12.1. The van der Waals surface area contributed by atoms with E-state index in [1.165, 1.54) is 11.1 Å². The van der Waals surface area contributed by atoms with Crippen LogP contribution in [-0.4, -0.2) is 19.6 Å². The van der Waals surface area contributed by atoms with Gasteiger partial charge in [0.05, 0.1) is 0 Å². The smallest absolute Gasteiger partial charge is 0.212 e. The Morgan fingerprint density at radius 2 is 2.12 bits per heavy atom. The maximum Gasteiger partial charge on any atom is 0.212 e. The van der Waals surface area contributed by atoms with Gasteiger partial charge in [-0.05, 0) is 32.4 Å². The Morgan fingerprint density at radius 3 is 2.62 bits per heavy atom. The summed E-state index contributed by atoms with van der Waals surface area (Å²) in [4.78, 5) is 6.25. The summed E-state index contributed by atoms with van der Waals surface area (Å²) in [6.07, 6.45) is 0. The predicted octanol–water partition coefficient (Wildman–Crippen LogP) is 1.58. The summed E-state index contributed by atoms with van der Waals surface area (Å²) < 4.78 is 0. The first-order valence-electron chi connectivity index (χ1n) is 5.42. The highest BCUT2D eigenvalue weighted by Crippen LogP contribution is 2.19. The van der Waals surface area contributed by atoms with Crippen molar-refractivity contribution >= 4 is 11.6 Å². The zero-order valence-electron chi connectivity index (χ0n) is 10.4. The summed E-state index contributed by atoms with van der Waals surface area (Å²) in [6.45, 7) is 6.85. The molecule has 0 saturated heterocycles. The number of nitrogens with two attached hydrogens (primary N) is 1. The van der Waals surface area contributed by atoms with Crippen LogP contribution >= 0.6 is 0 Å². The Balaban J connectivity index is 3.03. The van der Waals surface area contributed by atoms with Crippen molar-refractivity contribution in [2.45, 2.75) is 20.8 Å². The van der Waals surface area contributed by atoms with Gasteiger partial charge in [-0.3, -0.25) is 10.4 Å². The van der Waals surface area contributed by atoms with Crippen LogP contribution in [0.1, 0.15) is 18.1 Å². The van der Waals surface area contributed by atoms with Crippen LogP contribution in [0.3, 0.4) is 0 Å². The number of hydrogen-bond acceptors (Lipinski definition) is 2. The molecule has 4 nitrogen and oxygen atoms in total. The van der Waals surface area contributed by atoms with E-state index in [1.807, 2.05) is 18.9 Å². The molecule has 0 aliphatic carbocycles. The molecular formula is C12H20N4. The number of aliphatic imine (C=N–C) groups is 1. The molecule has 88 valence electrons. The van der Waals surface area contributed by atoms with Crippen molar-refractivity contribution in [1.82, 2.24) is 5.43 Å². The van der Waals surface area contributed by atoms with Gasteiger partial charge in [-0.2, -0.15) is 0 Å². The van der Waals surface area contributed by atoms with Crippen molar-refractivity contribution in [2.24, 2.45) is 10.8 Å². The number of nitrogens with one attached hydrogen (secondary N) is 1.